The molecule has 1 atom stereocenters. The molecule has 0 N–H and O–H groups in total. The number of methoxy groups -OCH3 is 1. The summed E-state index contributed by atoms with van der Waals surface area (Å²) >= 11 is 6.47. The van der Waals surface area contributed by atoms with E-state index in [2.05, 4.69) is 0 Å². The Balaban J connectivity index is 1.48. The lowest BCUT2D eigenvalue weighted by molar-refractivity contribution is -0.151. The first-order valence-corrected chi connectivity index (χ1v) is 12.9. The monoisotopic (exact) mass is 538 g/mol. The van der Waals surface area contributed by atoms with Crippen molar-refractivity contribution in [3.8, 4) is 17.2 Å². The van der Waals surface area contributed by atoms with Gasteiger partial charge in [-0.1, -0.05) is 25.4 Å². The van der Waals surface area contributed by atoms with Crippen LogP contribution in [0, 0.1) is 17.6 Å². The largest absolute Gasteiger partial charge is 0.494 e. The number of ether oxygens (including phenoxy) is 4. The van der Waals surface area contributed by atoms with E-state index in [0.29, 0.717) is 61.5 Å². The van der Waals surface area contributed by atoms with Crippen molar-refractivity contribution in [1.29, 1.82) is 0 Å². The summed E-state index contributed by atoms with van der Waals surface area (Å²) in [6.07, 6.45) is 0.0522. The van der Waals surface area contributed by atoms with Gasteiger partial charge < -0.3 is 23.8 Å². The van der Waals surface area contributed by atoms with Crippen molar-refractivity contribution in [1.82, 2.24) is 9.80 Å². The van der Waals surface area contributed by atoms with Gasteiger partial charge in [0.2, 0.25) is 0 Å². The van der Waals surface area contributed by atoms with Crippen molar-refractivity contribution in [3.05, 3.63) is 52.0 Å². The molecule has 7 nitrogen and oxygen atoms in total. The van der Waals surface area contributed by atoms with Crippen molar-refractivity contribution in [2.75, 3.05) is 46.6 Å². The highest BCUT2D eigenvalue weighted by Crippen LogP contribution is 2.38. The zero-order chi connectivity index (χ0) is 26.5. The second-order valence-electron chi connectivity index (χ2n) is 9.74. The summed E-state index contributed by atoms with van der Waals surface area (Å²) in [5.41, 5.74) is 1.13. The summed E-state index contributed by atoms with van der Waals surface area (Å²) in [7, 11) is 1.34. The summed E-state index contributed by atoms with van der Waals surface area (Å²) in [5, 5.41) is 0.447. The fraction of sp³-hybridized carbons (Fsp3) is 0.519. The number of hydrogen-bond donors (Lipinski definition) is 0. The van der Waals surface area contributed by atoms with E-state index >= 15 is 0 Å². The van der Waals surface area contributed by atoms with Crippen LogP contribution in [-0.2, 0) is 22.6 Å². The van der Waals surface area contributed by atoms with Crippen molar-refractivity contribution in [3.63, 3.8) is 0 Å². The zero-order valence-electron chi connectivity index (χ0n) is 21.4. The molecule has 0 bridgehead atoms. The third-order valence-electron chi connectivity index (χ3n) is 6.27. The van der Waals surface area contributed by atoms with Gasteiger partial charge in [-0.15, -0.1) is 0 Å². The predicted molar refractivity (Wildman–Crippen MR) is 135 cm³/mol. The third kappa shape index (κ3) is 6.83. The topological polar surface area (TPSA) is 60.5 Å². The quantitative estimate of drug-likeness (QED) is 0.487. The van der Waals surface area contributed by atoms with Crippen LogP contribution in [0.15, 0.2) is 24.3 Å². The molecule has 0 aromatic heterocycles. The maximum absolute atomic E-state index is 14.4. The smallest absolute Gasteiger partial charge is 0.253 e. The first kappa shape index (κ1) is 27.4. The highest BCUT2D eigenvalue weighted by molar-refractivity contribution is 6.32. The SMILES string of the molecule is COc1cc(CN2CCO[C@@H](C(=O)N(Cc3cc(Cl)c4c(c3)OCCCO4)CC(C)C)C2)c(F)cc1F. The molecule has 2 aliphatic heterocycles. The molecule has 0 aliphatic carbocycles. The highest BCUT2D eigenvalue weighted by Gasteiger charge is 2.31. The Morgan fingerprint density at radius 2 is 1.95 bits per heavy atom. The lowest BCUT2D eigenvalue weighted by atomic mass is 10.1. The van der Waals surface area contributed by atoms with Crippen LogP contribution in [0.5, 0.6) is 17.2 Å². The van der Waals surface area contributed by atoms with Gasteiger partial charge in [-0.2, -0.15) is 0 Å². The Kier molecular flexibility index (Phi) is 9.10. The van der Waals surface area contributed by atoms with Crippen LogP contribution in [0.3, 0.4) is 0 Å². The van der Waals surface area contributed by atoms with Crippen molar-refractivity contribution in [2.45, 2.75) is 39.5 Å². The number of carbonyl (C=O) groups is 1. The minimum atomic E-state index is -0.752. The summed E-state index contributed by atoms with van der Waals surface area (Å²) in [6.45, 7) is 7.34. The fourth-order valence-corrected chi connectivity index (χ4v) is 4.85. The summed E-state index contributed by atoms with van der Waals surface area (Å²) in [4.78, 5) is 17.3. The van der Waals surface area contributed by atoms with Gasteiger partial charge in [-0.3, -0.25) is 9.69 Å². The van der Waals surface area contributed by atoms with E-state index in [-0.39, 0.29) is 30.7 Å². The molecular weight excluding hydrogens is 506 g/mol. The zero-order valence-corrected chi connectivity index (χ0v) is 22.2. The molecule has 37 heavy (non-hydrogen) atoms. The number of nitrogens with zero attached hydrogens (tertiary/aromatic N) is 2. The summed E-state index contributed by atoms with van der Waals surface area (Å²) in [6, 6.07) is 5.85. The standard InChI is InChI=1S/C27H33ClF2N2O5/c1-17(2)13-32(14-18-9-20(28)26-24(10-18)35-6-4-7-37-26)27(33)25-16-31(5-8-36-25)15-19-11-23(34-3)22(30)12-21(19)29/h9-12,17,25H,4-8,13-16H2,1-3H3/t25-/m1/s1. The molecule has 0 radical (unpaired) electrons. The predicted octanol–water partition coefficient (Wildman–Crippen LogP) is 4.67. The van der Waals surface area contributed by atoms with Gasteiger partial charge in [0.25, 0.3) is 5.91 Å². The minimum absolute atomic E-state index is 0.0193. The Bertz CT molecular complexity index is 1120. The molecule has 0 saturated carbocycles. The maximum atomic E-state index is 14.4. The van der Waals surface area contributed by atoms with Crippen molar-refractivity contribution < 1.29 is 32.5 Å². The van der Waals surface area contributed by atoms with Crippen LogP contribution in [0.2, 0.25) is 5.02 Å². The van der Waals surface area contributed by atoms with Crippen LogP contribution in [-0.4, -0.2) is 68.4 Å². The average molecular weight is 539 g/mol. The minimum Gasteiger partial charge on any atom is -0.494 e. The second kappa shape index (κ2) is 12.3. The molecule has 0 spiro atoms. The van der Waals surface area contributed by atoms with Crippen LogP contribution < -0.4 is 14.2 Å². The van der Waals surface area contributed by atoms with Crippen LogP contribution in [0.4, 0.5) is 8.78 Å². The van der Waals surface area contributed by atoms with Crippen LogP contribution in [0.25, 0.3) is 0 Å². The normalized spacial score (nSPS) is 18.0. The van der Waals surface area contributed by atoms with Gasteiger partial charge in [-0.25, -0.2) is 8.78 Å². The van der Waals surface area contributed by atoms with E-state index < -0.39 is 17.7 Å². The Hall–Kier alpha value is -2.62. The van der Waals surface area contributed by atoms with E-state index in [1.807, 2.05) is 24.8 Å². The van der Waals surface area contributed by atoms with E-state index in [4.69, 9.17) is 30.5 Å². The molecule has 2 aliphatic rings. The van der Waals surface area contributed by atoms with Gasteiger partial charge in [0.15, 0.2) is 23.1 Å². The number of amides is 1. The molecule has 2 aromatic rings. The molecular formula is C27H33ClF2N2O5. The lowest BCUT2D eigenvalue weighted by Gasteiger charge is -2.35. The van der Waals surface area contributed by atoms with Crippen molar-refractivity contribution in [2.24, 2.45) is 5.92 Å². The first-order chi connectivity index (χ1) is 17.7. The molecule has 1 fully saturated rings. The number of benzene rings is 2. The molecule has 202 valence electrons. The Labute approximate surface area is 221 Å². The number of carbonyl (C=O) groups excluding carboxylic acids is 1. The third-order valence-corrected chi connectivity index (χ3v) is 6.55. The molecule has 2 aromatic carbocycles. The van der Waals surface area contributed by atoms with Gasteiger partial charge in [0, 0.05) is 50.8 Å². The van der Waals surface area contributed by atoms with E-state index in [0.717, 1.165) is 18.1 Å². The molecule has 0 unspecified atom stereocenters. The van der Waals surface area contributed by atoms with E-state index in [9.17, 15) is 13.6 Å². The number of hydrogen-bond acceptors (Lipinski definition) is 6. The second-order valence-corrected chi connectivity index (χ2v) is 10.1. The molecule has 1 amide bonds. The lowest BCUT2D eigenvalue weighted by Crippen LogP contribution is -2.51. The Morgan fingerprint density at radius 1 is 1.16 bits per heavy atom. The number of rotatable bonds is 8. The van der Waals surface area contributed by atoms with Gasteiger partial charge in [0.05, 0.1) is 32.0 Å². The fourth-order valence-electron chi connectivity index (χ4n) is 4.56. The van der Waals surface area contributed by atoms with Gasteiger partial charge in [0.1, 0.15) is 11.9 Å². The molecule has 4 rings (SSSR count). The molecule has 1 saturated heterocycles. The Morgan fingerprint density at radius 3 is 2.70 bits per heavy atom. The van der Waals surface area contributed by atoms with E-state index in [1.54, 1.807) is 11.0 Å². The average Bonchev–Trinajstić information content (AvgIpc) is 3.11. The highest BCUT2D eigenvalue weighted by atomic mass is 35.5. The number of halogens is 3. The van der Waals surface area contributed by atoms with E-state index in [1.165, 1.54) is 13.2 Å². The van der Waals surface area contributed by atoms with Gasteiger partial charge in [-0.05, 0) is 29.7 Å². The number of morpholine rings is 1. The first-order valence-electron chi connectivity index (χ1n) is 12.5. The summed E-state index contributed by atoms with van der Waals surface area (Å²) in [5.74, 6) is -0.249. The maximum Gasteiger partial charge on any atom is 0.253 e. The number of fused-ring (bicyclic) bond motifs is 1. The van der Waals surface area contributed by atoms with Gasteiger partial charge >= 0.3 is 0 Å². The molecule has 2 heterocycles. The van der Waals surface area contributed by atoms with Crippen molar-refractivity contribution >= 4 is 17.5 Å². The summed E-state index contributed by atoms with van der Waals surface area (Å²) < 4.78 is 50.6. The van der Waals surface area contributed by atoms with Crippen LogP contribution in [0.1, 0.15) is 31.4 Å². The molecule has 10 heteroatoms. The van der Waals surface area contributed by atoms with Crippen LogP contribution >= 0.6 is 11.6 Å².